The summed E-state index contributed by atoms with van der Waals surface area (Å²) in [6, 6.07) is 0.278. The molecule has 1 saturated heterocycles. The molecule has 98 valence electrons. The van der Waals surface area contributed by atoms with Crippen LogP contribution in [-0.2, 0) is 14.3 Å². The van der Waals surface area contributed by atoms with Gasteiger partial charge in [0.2, 0.25) is 0 Å². The van der Waals surface area contributed by atoms with Gasteiger partial charge in [-0.2, -0.15) is 0 Å². The van der Waals surface area contributed by atoms with Crippen molar-refractivity contribution in [3.8, 4) is 0 Å². The van der Waals surface area contributed by atoms with E-state index in [2.05, 4.69) is 0 Å². The van der Waals surface area contributed by atoms with Gasteiger partial charge in [-0.05, 0) is 12.8 Å². The van der Waals surface area contributed by atoms with Gasteiger partial charge in [-0.1, -0.05) is 12.8 Å². The van der Waals surface area contributed by atoms with Crippen molar-refractivity contribution in [2.24, 2.45) is 0 Å². The van der Waals surface area contributed by atoms with E-state index in [-0.39, 0.29) is 18.6 Å². The molecule has 1 unspecified atom stereocenters. The Labute approximate surface area is 102 Å². The first-order valence-corrected chi connectivity index (χ1v) is 6.43. The number of aliphatic hydroxyl groups is 1. The Balaban J connectivity index is 1.95. The molecule has 1 aliphatic heterocycles. The number of hydrogen-bond donors (Lipinski definition) is 1. The molecule has 0 spiro atoms. The molecular formula is C12H21NO4. The molecule has 0 aromatic rings. The second-order valence-electron chi connectivity index (χ2n) is 4.63. The molecule has 2 aliphatic rings. The van der Waals surface area contributed by atoms with Gasteiger partial charge in [0.05, 0.1) is 26.4 Å². The summed E-state index contributed by atoms with van der Waals surface area (Å²) in [5.41, 5.74) is 0. The minimum Gasteiger partial charge on any atom is -0.395 e. The predicted molar refractivity (Wildman–Crippen MR) is 61.6 cm³/mol. The lowest BCUT2D eigenvalue weighted by Gasteiger charge is -2.33. The monoisotopic (exact) mass is 243 g/mol. The number of amides is 1. The fourth-order valence-electron chi connectivity index (χ4n) is 2.61. The van der Waals surface area contributed by atoms with Crippen LogP contribution in [0.2, 0.25) is 0 Å². The van der Waals surface area contributed by atoms with Crippen molar-refractivity contribution >= 4 is 5.91 Å². The third kappa shape index (κ3) is 3.18. The first-order valence-electron chi connectivity index (χ1n) is 6.43. The standard InChI is InChI=1S/C12H21NO4/c14-6-5-13(10-3-1-2-4-10)12(15)11-9-16-7-8-17-11/h10-11,14H,1-9H2. The van der Waals surface area contributed by atoms with Gasteiger partial charge in [-0.25, -0.2) is 0 Å². The van der Waals surface area contributed by atoms with Gasteiger partial charge in [0.1, 0.15) is 0 Å². The summed E-state index contributed by atoms with van der Waals surface area (Å²) in [4.78, 5) is 14.1. The quantitative estimate of drug-likeness (QED) is 0.764. The van der Waals surface area contributed by atoms with Crippen molar-refractivity contribution in [3.63, 3.8) is 0 Å². The summed E-state index contributed by atoms with van der Waals surface area (Å²) in [7, 11) is 0. The number of nitrogens with zero attached hydrogens (tertiary/aromatic N) is 1. The second kappa shape index (κ2) is 6.33. The molecule has 2 fully saturated rings. The molecule has 0 bridgehead atoms. The Kier molecular flexibility index (Phi) is 4.76. The maximum atomic E-state index is 12.3. The number of carbonyl (C=O) groups is 1. The molecule has 1 heterocycles. The van der Waals surface area contributed by atoms with Crippen LogP contribution in [0.3, 0.4) is 0 Å². The number of rotatable bonds is 4. The SMILES string of the molecule is O=C(C1COCCO1)N(CCO)C1CCCC1. The lowest BCUT2D eigenvalue weighted by atomic mass is 10.1. The maximum absolute atomic E-state index is 12.3. The van der Waals surface area contributed by atoms with Crippen molar-refractivity contribution in [3.05, 3.63) is 0 Å². The van der Waals surface area contributed by atoms with E-state index >= 15 is 0 Å². The van der Waals surface area contributed by atoms with Crippen molar-refractivity contribution in [1.82, 2.24) is 4.90 Å². The Morgan fingerprint density at radius 3 is 2.65 bits per heavy atom. The third-order valence-corrected chi connectivity index (χ3v) is 3.48. The average molecular weight is 243 g/mol. The normalized spacial score (nSPS) is 26.1. The summed E-state index contributed by atoms with van der Waals surface area (Å²) < 4.78 is 10.7. The van der Waals surface area contributed by atoms with Gasteiger partial charge in [0.15, 0.2) is 6.10 Å². The Morgan fingerprint density at radius 1 is 1.29 bits per heavy atom. The minimum absolute atomic E-state index is 0.00974. The summed E-state index contributed by atoms with van der Waals surface area (Å²) in [6.07, 6.45) is 3.94. The minimum atomic E-state index is -0.476. The number of aliphatic hydroxyl groups excluding tert-OH is 1. The van der Waals surface area contributed by atoms with E-state index in [9.17, 15) is 4.79 Å². The first kappa shape index (κ1) is 12.8. The van der Waals surface area contributed by atoms with E-state index in [0.29, 0.717) is 26.4 Å². The Bertz CT molecular complexity index is 247. The molecule has 0 radical (unpaired) electrons. The highest BCUT2D eigenvalue weighted by Gasteiger charge is 2.32. The Hall–Kier alpha value is -0.650. The molecule has 1 atom stereocenters. The van der Waals surface area contributed by atoms with Crippen LogP contribution in [0, 0.1) is 0 Å². The summed E-state index contributed by atoms with van der Waals surface area (Å²) in [6.45, 7) is 1.80. The van der Waals surface area contributed by atoms with Crippen LogP contribution in [-0.4, -0.2) is 61.0 Å². The highest BCUT2D eigenvalue weighted by Crippen LogP contribution is 2.24. The molecule has 1 saturated carbocycles. The van der Waals surface area contributed by atoms with E-state index in [4.69, 9.17) is 14.6 Å². The second-order valence-corrected chi connectivity index (χ2v) is 4.63. The van der Waals surface area contributed by atoms with E-state index < -0.39 is 6.10 Å². The predicted octanol–water partition coefficient (Wildman–Crippen LogP) is 0.165. The van der Waals surface area contributed by atoms with Crippen molar-refractivity contribution in [2.75, 3.05) is 33.0 Å². The first-order chi connectivity index (χ1) is 8.33. The number of hydrogen-bond acceptors (Lipinski definition) is 4. The van der Waals surface area contributed by atoms with Gasteiger partial charge in [-0.15, -0.1) is 0 Å². The molecule has 5 heteroatoms. The average Bonchev–Trinajstić information content (AvgIpc) is 2.90. The van der Waals surface area contributed by atoms with E-state index in [1.165, 1.54) is 12.8 Å². The smallest absolute Gasteiger partial charge is 0.254 e. The molecule has 1 amide bonds. The zero-order chi connectivity index (χ0) is 12.1. The molecular weight excluding hydrogens is 222 g/mol. The van der Waals surface area contributed by atoms with Gasteiger partial charge in [0, 0.05) is 12.6 Å². The van der Waals surface area contributed by atoms with Crippen LogP contribution in [0.4, 0.5) is 0 Å². The van der Waals surface area contributed by atoms with Gasteiger partial charge < -0.3 is 19.5 Å². The molecule has 17 heavy (non-hydrogen) atoms. The van der Waals surface area contributed by atoms with Gasteiger partial charge in [0.25, 0.3) is 5.91 Å². The van der Waals surface area contributed by atoms with Crippen LogP contribution in [0.25, 0.3) is 0 Å². The fourth-order valence-corrected chi connectivity index (χ4v) is 2.61. The fraction of sp³-hybridized carbons (Fsp3) is 0.917. The van der Waals surface area contributed by atoms with Crippen LogP contribution in [0.15, 0.2) is 0 Å². The molecule has 5 nitrogen and oxygen atoms in total. The summed E-state index contributed by atoms with van der Waals surface area (Å²) >= 11 is 0. The zero-order valence-corrected chi connectivity index (χ0v) is 10.1. The lowest BCUT2D eigenvalue weighted by molar-refractivity contribution is -0.160. The molecule has 1 N–H and O–H groups in total. The Morgan fingerprint density at radius 2 is 2.06 bits per heavy atom. The van der Waals surface area contributed by atoms with E-state index in [0.717, 1.165) is 12.8 Å². The molecule has 1 aliphatic carbocycles. The van der Waals surface area contributed by atoms with Crippen LogP contribution < -0.4 is 0 Å². The van der Waals surface area contributed by atoms with E-state index in [1.54, 1.807) is 4.90 Å². The van der Waals surface area contributed by atoms with Gasteiger partial charge >= 0.3 is 0 Å². The molecule has 0 aromatic heterocycles. The number of ether oxygens (including phenoxy) is 2. The summed E-state index contributed by atoms with van der Waals surface area (Å²) in [5.74, 6) is -0.0225. The maximum Gasteiger partial charge on any atom is 0.254 e. The van der Waals surface area contributed by atoms with Gasteiger partial charge in [-0.3, -0.25) is 4.79 Å². The van der Waals surface area contributed by atoms with Crippen molar-refractivity contribution in [2.45, 2.75) is 37.8 Å². The summed E-state index contributed by atoms with van der Waals surface area (Å²) in [5, 5.41) is 9.08. The molecule has 2 rings (SSSR count). The van der Waals surface area contributed by atoms with Crippen molar-refractivity contribution < 1.29 is 19.4 Å². The largest absolute Gasteiger partial charge is 0.395 e. The third-order valence-electron chi connectivity index (χ3n) is 3.48. The van der Waals surface area contributed by atoms with Crippen molar-refractivity contribution in [1.29, 1.82) is 0 Å². The zero-order valence-electron chi connectivity index (χ0n) is 10.1. The van der Waals surface area contributed by atoms with Crippen LogP contribution in [0.5, 0.6) is 0 Å². The topological polar surface area (TPSA) is 59.0 Å². The van der Waals surface area contributed by atoms with Crippen LogP contribution in [0.1, 0.15) is 25.7 Å². The number of carbonyl (C=O) groups excluding carboxylic acids is 1. The highest BCUT2D eigenvalue weighted by molar-refractivity contribution is 5.81. The van der Waals surface area contributed by atoms with E-state index in [1.807, 2.05) is 0 Å². The lowest BCUT2D eigenvalue weighted by Crippen LogP contribution is -2.49. The molecule has 0 aromatic carbocycles. The highest BCUT2D eigenvalue weighted by atomic mass is 16.6. The van der Waals surface area contributed by atoms with Crippen LogP contribution >= 0.6 is 0 Å².